The molecule has 0 saturated heterocycles. The van der Waals surface area contributed by atoms with Gasteiger partial charge in [-0.1, -0.05) is 57.2 Å². The summed E-state index contributed by atoms with van der Waals surface area (Å²) in [7, 11) is 3.98. The minimum absolute atomic E-state index is 0.00542. The molecule has 0 unspecified atom stereocenters. The minimum atomic E-state index is -0.190. The summed E-state index contributed by atoms with van der Waals surface area (Å²) < 4.78 is 5.66. The second-order valence-electron chi connectivity index (χ2n) is 9.29. The molecule has 172 valence electrons. The molecule has 0 N–H and O–H groups in total. The van der Waals surface area contributed by atoms with Crippen LogP contribution >= 0.6 is 0 Å². The molecule has 6 nitrogen and oxygen atoms in total. The Morgan fingerprint density at radius 2 is 1.81 bits per heavy atom. The zero-order valence-corrected chi connectivity index (χ0v) is 19.9. The summed E-state index contributed by atoms with van der Waals surface area (Å²) in [5, 5.41) is 0. The standard InChI is InChI=1S/C26H35N3O3/c1-6-26(2,3)21-12-13-23-22(16-21)29(25(31)19-32-23)18-24(30)28(15-14-27(4)5)17-20-10-8-7-9-11-20/h7-13,16H,6,14-15,17-19H2,1-5H3. The lowest BCUT2D eigenvalue weighted by Crippen LogP contribution is -2.47. The second kappa shape index (κ2) is 10.2. The van der Waals surface area contributed by atoms with Gasteiger partial charge in [0.1, 0.15) is 12.3 Å². The normalized spacial score (nSPS) is 13.7. The molecule has 0 radical (unpaired) electrons. The van der Waals surface area contributed by atoms with Crippen LogP contribution in [0.3, 0.4) is 0 Å². The van der Waals surface area contributed by atoms with E-state index >= 15 is 0 Å². The van der Waals surface area contributed by atoms with Crippen molar-refractivity contribution in [3.8, 4) is 5.75 Å². The van der Waals surface area contributed by atoms with Crippen LogP contribution in [-0.2, 0) is 21.5 Å². The molecule has 0 atom stereocenters. The Labute approximate surface area is 191 Å². The van der Waals surface area contributed by atoms with Crippen LogP contribution in [0.1, 0.15) is 38.3 Å². The minimum Gasteiger partial charge on any atom is -0.482 e. The van der Waals surface area contributed by atoms with Crippen LogP contribution in [0.15, 0.2) is 48.5 Å². The summed E-state index contributed by atoms with van der Waals surface area (Å²) in [4.78, 5) is 31.7. The number of carbonyl (C=O) groups excluding carboxylic acids is 2. The third kappa shape index (κ3) is 5.68. The first kappa shape index (κ1) is 23.8. The molecule has 0 aromatic heterocycles. The largest absolute Gasteiger partial charge is 0.482 e. The van der Waals surface area contributed by atoms with E-state index in [2.05, 4.69) is 31.7 Å². The van der Waals surface area contributed by atoms with Gasteiger partial charge in [-0.3, -0.25) is 14.5 Å². The van der Waals surface area contributed by atoms with Crippen molar-refractivity contribution in [3.63, 3.8) is 0 Å². The van der Waals surface area contributed by atoms with E-state index in [0.29, 0.717) is 24.5 Å². The molecule has 1 aliphatic heterocycles. The molecule has 32 heavy (non-hydrogen) atoms. The summed E-state index contributed by atoms with van der Waals surface area (Å²) in [5.74, 6) is 0.387. The fourth-order valence-electron chi connectivity index (χ4n) is 3.65. The van der Waals surface area contributed by atoms with Crippen molar-refractivity contribution in [2.75, 3.05) is 45.2 Å². The van der Waals surface area contributed by atoms with Crippen LogP contribution in [-0.4, -0.2) is 62.0 Å². The van der Waals surface area contributed by atoms with E-state index in [9.17, 15) is 9.59 Å². The van der Waals surface area contributed by atoms with E-state index in [0.717, 1.165) is 24.1 Å². The van der Waals surface area contributed by atoms with Crippen LogP contribution < -0.4 is 9.64 Å². The number of hydrogen-bond acceptors (Lipinski definition) is 4. The highest BCUT2D eigenvalue weighted by atomic mass is 16.5. The van der Waals surface area contributed by atoms with Gasteiger partial charge in [-0.25, -0.2) is 0 Å². The van der Waals surface area contributed by atoms with Crippen LogP contribution in [0.5, 0.6) is 5.75 Å². The average molecular weight is 438 g/mol. The molecular formula is C26H35N3O3. The van der Waals surface area contributed by atoms with Crippen molar-refractivity contribution in [2.45, 2.75) is 39.2 Å². The second-order valence-corrected chi connectivity index (χ2v) is 9.29. The predicted molar refractivity (Wildman–Crippen MR) is 128 cm³/mol. The molecule has 1 aliphatic rings. The van der Waals surface area contributed by atoms with E-state index < -0.39 is 0 Å². The monoisotopic (exact) mass is 437 g/mol. The molecule has 0 fully saturated rings. The number of nitrogens with zero attached hydrogens (tertiary/aromatic N) is 3. The summed E-state index contributed by atoms with van der Waals surface area (Å²) in [6.45, 7) is 8.32. The van der Waals surface area contributed by atoms with Gasteiger partial charge < -0.3 is 14.5 Å². The third-order valence-electron chi connectivity index (χ3n) is 6.25. The van der Waals surface area contributed by atoms with Crippen molar-refractivity contribution >= 4 is 17.5 Å². The van der Waals surface area contributed by atoms with Crippen molar-refractivity contribution in [2.24, 2.45) is 0 Å². The number of hydrogen-bond donors (Lipinski definition) is 0. The smallest absolute Gasteiger partial charge is 0.265 e. The first-order chi connectivity index (χ1) is 15.2. The van der Waals surface area contributed by atoms with Gasteiger partial charge in [0, 0.05) is 19.6 Å². The molecular weight excluding hydrogens is 402 g/mol. The lowest BCUT2D eigenvalue weighted by Gasteiger charge is -2.33. The Morgan fingerprint density at radius 1 is 1.09 bits per heavy atom. The highest BCUT2D eigenvalue weighted by Gasteiger charge is 2.31. The van der Waals surface area contributed by atoms with Gasteiger partial charge >= 0.3 is 0 Å². The molecule has 0 spiro atoms. The Morgan fingerprint density at radius 3 is 2.47 bits per heavy atom. The maximum absolute atomic E-state index is 13.4. The number of amides is 2. The number of likely N-dealkylation sites (N-methyl/N-ethyl adjacent to an activating group) is 1. The molecule has 3 rings (SSSR count). The molecule has 6 heteroatoms. The predicted octanol–water partition coefficient (Wildman–Crippen LogP) is 3.69. The first-order valence-electron chi connectivity index (χ1n) is 11.3. The topological polar surface area (TPSA) is 53.1 Å². The van der Waals surface area contributed by atoms with Gasteiger partial charge in [0.2, 0.25) is 5.91 Å². The van der Waals surface area contributed by atoms with Crippen molar-refractivity contribution in [1.29, 1.82) is 0 Å². The van der Waals surface area contributed by atoms with E-state index in [-0.39, 0.29) is 30.4 Å². The molecule has 0 saturated carbocycles. The van der Waals surface area contributed by atoms with Crippen molar-refractivity contribution < 1.29 is 14.3 Å². The van der Waals surface area contributed by atoms with E-state index in [1.807, 2.05) is 61.5 Å². The zero-order valence-electron chi connectivity index (χ0n) is 19.9. The Hall–Kier alpha value is -2.86. The van der Waals surface area contributed by atoms with Crippen molar-refractivity contribution in [1.82, 2.24) is 9.80 Å². The van der Waals surface area contributed by atoms with Gasteiger partial charge in [-0.2, -0.15) is 0 Å². The quantitative estimate of drug-likeness (QED) is 0.600. The fraction of sp³-hybridized carbons (Fsp3) is 0.462. The lowest BCUT2D eigenvalue weighted by atomic mass is 9.82. The van der Waals surface area contributed by atoms with Gasteiger partial charge in [0.15, 0.2) is 6.61 Å². The lowest BCUT2D eigenvalue weighted by molar-refractivity contribution is -0.132. The fourth-order valence-corrected chi connectivity index (χ4v) is 3.65. The maximum atomic E-state index is 13.4. The number of benzene rings is 2. The Kier molecular flexibility index (Phi) is 7.56. The SMILES string of the molecule is CCC(C)(C)c1ccc2c(c1)N(CC(=O)N(CCN(C)C)Cc1ccccc1)C(=O)CO2. The molecule has 2 aromatic rings. The van der Waals surface area contributed by atoms with E-state index in [4.69, 9.17) is 4.74 Å². The van der Waals surface area contributed by atoms with Crippen LogP contribution in [0.25, 0.3) is 0 Å². The average Bonchev–Trinajstić information content (AvgIpc) is 2.78. The Balaban J connectivity index is 1.85. The highest BCUT2D eigenvalue weighted by Crippen LogP contribution is 2.37. The maximum Gasteiger partial charge on any atom is 0.265 e. The van der Waals surface area contributed by atoms with E-state index in [1.165, 1.54) is 0 Å². The third-order valence-corrected chi connectivity index (χ3v) is 6.25. The van der Waals surface area contributed by atoms with Gasteiger partial charge in [0.05, 0.1) is 5.69 Å². The number of carbonyl (C=O) groups is 2. The molecule has 2 aromatic carbocycles. The number of ether oxygens (including phenoxy) is 1. The number of rotatable bonds is 9. The summed E-state index contributed by atoms with van der Waals surface area (Å²) in [6.07, 6.45) is 0.967. The molecule has 0 bridgehead atoms. The Bertz CT molecular complexity index is 941. The highest BCUT2D eigenvalue weighted by molar-refractivity contribution is 6.02. The van der Waals surface area contributed by atoms with Gasteiger partial charge in [-0.05, 0) is 49.2 Å². The molecule has 0 aliphatic carbocycles. The van der Waals surface area contributed by atoms with Gasteiger partial charge in [-0.15, -0.1) is 0 Å². The molecule has 2 amide bonds. The van der Waals surface area contributed by atoms with Gasteiger partial charge in [0.25, 0.3) is 5.91 Å². The summed E-state index contributed by atoms with van der Waals surface area (Å²) in [5.41, 5.74) is 2.85. The van der Waals surface area contributed by atoms with Crippen LogP contribution in [0, 0.1) is 0 Å². The summed E-state index contributed by atoms with van der Waals surface area (Å²) in [6, 6.07) is 15.9. The molecule has 1 heterocycles. The zero-order chi connectivity index (χ0) is 23.3. The number of anilines is 1. The van der Waals surface area contributed by atoms with E-state index in [1.54, 1.807) is 4.90 Å². The van der Waals surface area contributed by atoms with Crippen LogP contribution in [0.4, 0.5) is 5.69 Å². The first-order valence-corrected chi connectivity index (χ1v) is 11.3. The van der Waals surface area contributed by atoms with Crippen LogP contribution in [0.2, 0.25) is 0 Å². The number of fused-ring (bicyclic) bond motifs is 1. The van der Waals surface area contributed by atoms with Crippen molar-refractivity contribution in [3.05, 3.63) is 59.7 Å². The summed E-state index contributed by atoms with van der Waals surface area (Å²) >= 11 is 0.